The fourth-order valence-electron chi connectivity index (χ4n) is 2.56. The van der Waals surface area contributed by atoms with E-state index in [0.717, 1.165) is 22.0 Å². The van der Waals surface area contributed by atoms with Crippen LogP contribution in [0.5, 0.6) is 11.5 Å². The molecule has 0 radical (unpaired) electrons. The lowest BCUT2D eigenvalue weighted by atomic mass is 10.2. The number of ether oxygens (including phenoxy) is 2. The van der Waals surface area contributed by atoms with Crippen molar-refractivity contribution in [3.8, 4) is 11.5 Å². The van der Waals surface area contributed by atoms with E-state index >= 15 is 0 Å². The Hall–Kier alpha value is -2.14. The van der Waals surface area contributed by atoms with Gasteiger partial charge in [0.05, 0.1) is 5.25 Å². The fraction of sp³-hybridized carbons (Fsp3) is 0.316. The highest BCUT2D eigenvalue weighted by Crippen LogP contribution is 2.32. The third-order valence-corrected chi connectivity index (χ3v) is 5.19. The lowest BCUT2D eigenvalue weighted by Crippen LogP contribution is -2.30. The van der Waals surface area contributed by atoms with Gasteiger partial charge in [-0.25, -0.2) is 0 Å². The van der Waals surface area contributed by atoms with Gasteiger partial charge in [-0.3, -0.25) is 4.79 Å². The molecule has 1 heterocycles. The van der Waals surface area contributed by atoms with Crippen LogP contribution in [0.2, 0.25) is 0 Å². The smallest absolute Gasteiger partial charge is 0.233 e. The van der Waals surface area contributed by atoms with Crippen molar-refractivity contribution in [3.63, 3.8) is 0 Å². The molecule has 1 amide bonds. The minimum absolute atomic E-state index is 0.0256. The summed E-state index contributed by atoms with van der Waals surface area (Å²) in [7, 11) is 0. The summed E-state index contributed by atoms with van der Waals surface area (Å²) in [5.41, 5.74) is 3.43. The highest BCUT2D eigenvalue weighted by Gasteiger charge is 2.17. The van der Waals surface area contributed by atoms with Crippen LogP contribution in [0.3, 0.4) is 0 Å². The van der Waals surface area contributed by atoms with Gasteiger partial charge in [-0.05, 0) is 50.1 Å². The number of carbonyl (C=O) groups is 1. The molecule has 126 valence electrons. The van der Waals surface area contributed by atoms with E-state index in [4.69, 9.17) is 9.47 Å². The van der Waals surface area contributed by atoms with E-state index in [-0.39, 0.29) is 18.0 Å². The van der Waals surface area contributed by atoms with Gasteiger partial charge in [0.1, 0.15) is 0 Å². The summed E-state index contributed by atoms with van der Waals surface area (Å²) < 4.78 is 10.6. The quantitative estimate of drug-likeness (QED) is 0.838. The molecule has 1 aliphatic heterocycles. The van der Waals surface area contributed by atoms with Crippen molar-refractivity contribution in [2.24, 2.45) is 0 Å². The highest BCUT2D eigenvalue weighted by molar-refractivity contribution is 8.00. The molecule has 2 aromatic rings. The SMILES string of the molecule is Cc1ccc(S[C@@H](C)C(=O)NCc2ccc3c(c2)OCO3)c(C)c1. The molecule has 0 bridgehead atoms. The number of hydrogen-bond donors (Lipinski definition) is 1. The average Bonchev–Trinajstić information content (AvgIpc) is 3.02. The molecule has 3 rings (SSSR count). The van der Waals surface area contributed by atoms with E-state index in [2.05, 4.69) is 37.4 Å². The summed E-state index contributed by atoms with van der Waals surface area (Å²) in [5.74, 6) is 1.51. The highest BCUT2D eigenvalue weighted by atomic mass is 32.2. The summed E-state index contributed by atoms with van der Waals surface area (Å²) in [4.78, 5) is 13.5. The molecular weight excluding hydrogens is 322 g/mol. The largest absolute Gasteiger partial charge is 0.454 e. The van der Waals surface area contributed by atoms with Crippen molar-refractivity contribution >= 4 is 17.7 Å². The second-order valence-corrected chi connectivity index (χ2v) is 7.32. The van der Waals surface area contributed by atoms with E-state index in [9.17, 15) is 4.79 Å². The Kier molecular flexibility index (Phi) is 5.00. The summed E-state index contributed by atoms with van der Waals surface area (Å²) in [5, 5.41) is 2.83. The molecule has 0 aliphatic carbocycles. The zero-order valence-electron chi connectivity index (χ0n) is 14.1. The minimum atomic E-state index is -0.152. The van der Waals surface area contributed by atoms with Crippen molar-refractivity contribution in [3.05, 3.63) is 53.1 Å². The normalized spacial score (nSPS) is 13.6. The standard InChI is InChI=1S/C19H21NO3S/c1-12-4-7-18(13(2)8-12)24-14(3)19(21)20-10-15-5-6-16-17(9-15)23-11-22-16/h4-9,14H,10-11H2,1-3H3,(H,20,21)/t14-/m0/s1. The van der Waals surface area contributed by atoms with Gasteiger partial charge in [0.25, 0.3) is 0 Å². The molecule has 1 N–H and O–H groups in total. The summed E-state index contributed by atoms with van der Waals surface area (Å²) in [6.45, 7) is 6.82. The number of rotatable bonds is 5. The maximum Gasteiger partial charge on any atom is 0.233 e. The minimum Gasteiger partial charge on any atom is -0.454 e. The van der Waals surface area contributed by atoms with E-state index in [1.54, 1.807) is 11.8 Å². The maximum absolute atomic E-state index is 12.3. The Bertz CT molecular complexity index is 760. The molecule has 24 heavy (non-hydrogen) atoms. The molecule has 0 aromatic heterocycles. The van der Waals surface area contributed by atoms with Crippen LogP contribution in [0.1, 0.15) is 23.6 Å². The second kappa shape index (κ2) is 7.18. The molecule has 2 aromatic carbocycles. The summed E-state index contributed by atoms with van der Waals surface area (Å²) in [6, 6.07) is 12.0. The van der Waals surface area contributed by atoms with Crippen LogP contribution in [0.25, 0.3) is 0 Å². The molecule has 0 spiro atoms. The average molecular weight is 343 g/mol. The lowest BCUT2D eigenvalue weighted by molar-refractivity contribution is -0.120. The van der Waals surface area contributed by atoms with Gasteiger partial charge in [0.15, 0.2) is 11.5 Å². The summed E-state index contributed by atoms with van der Waals surface area (Å²) >= 11 is 1.59. The number of hydrogen-bond acceptors (Lipinski definition) is 4. The van der Waals surface area contributed by atoms with Gasteiger partial charge in [0.2, 0.25) is 12.7 Å². The van der Waals surface area contributed by atoms with E-state index in [1.165, 1.54) is 11.1 Å². The zero-order valence-corrected chi connectivity index (χ0v) is 14.9. The third kappa shape index (κ3) is 3.85. The van der Waals surface area contributed by atoms with Gasteiger partial charge in [-0.15, -0.1) is 11.8 Å². The molecular formula is C19H21NO3S. The Morgan fingerprint density at radius 2 is 1.96 bits per heavy atom. The number of thioether (sulfide) groups is 1. The first-order chi connectivity index (χ1) is 11.5. The van der Waals surface area contributed by atoms with Crippen LogP contribution in [0.15, 0.2) is 41.3 Å². The molecule has 1 aliphatic rings. The number of nitrogens with one attached hydrogen (secondary N) is 1. The third-order valence-electron chi connectivity index (χ3n) is 3.91. The van der Waals surface area contributed by atoms with Crippen molar-refractivity contribution in [1.82, 2.24) is 5.32 Å². The van der Waals surface area contributed by atoms with Crippen molar-refractivity contribution < 1.29 is 14.3 Å². The summed E-state index contributed by atoms with van der Waals surface area (Å²) in [6.07, 6.45) is 0. The first-order valence-corrected chi connectivity index (χ1v) is 8.81. The van der Waals surface area contributed by atoms with E-state index < -0.39 is 0 Å². The zero-order chi connectivity index (χ0) is 17.1. The van der Waals surface area contributed by atoms with Crippen LogP contribution >= 0.6 is 11.8 Å². The molecule has 5 heteroatoms. The van der Waals surface area contributed by atoms with Gasteiger partial charge < -0.3 is 14.8 Å². The van der Waals surface area contributed by atoms with Crippen LogP contribution < -0.4 is 14.8 Å². The first-order valence-electron chi connectivity index (χ1n) is 7.93. The molecule has 0 unspecified atom stereocenters. The van der Waals surface area contributed by atoms with Crippen LogP contribution in [-0.4, -0.2) is 18.0 Å². The van der Waals surface area contributed by atoms with Crippen molar-refractivity contribution in [1.29, 1.82) is 0 Å². The van der Waals surface area contributed by atoms with Crippen molar-refractivity contribution in [2.75, 3.05) is 6.79 Å². The van der Waals surface area contributed by atoms with Gasteiger partial charge in [0, 0.05) is 11.4 Å². The molecule has 0 saturated carbocycles. The number of aryl methyl sites for hydroxylation is 2. The predicted octanol–water partition coefficient (Wildman–Crippen LogP) is 3.83. The van der Waals surface area contributed by atoms with E-state index in [1.807, 2.05) is 25.1 Å². The lowest BCUT2D eigenvalue weighted by Gasteiger charge is -2.14. The molecule has 0 saturated heterocycles. The second-order valence-electron chi connectivity index (χ2n) is 5.93. The van der Waals surface area contributed by atoms with Gasteiger partial charge >= 0.3 is 0 Å². The topological polar surface area (TPSA) is 47.6 Å². The first kappa shape index (κ1) is 16.7. The van der Waals surface area contributed by atoms with Gasteiger partial charge in [-0.1, -0.05) is 23.8 Å². The van der Waals surface area contributed by atoms with Crippen LogP contribution in [0, 0.1) is 13.8 Å². The fourth-order valence-corrected chi connectivity index (χ4v) is 3.52. The van der Waals surface area contributed by atoms with Gasteiger partial charge in [-0.2, -0.15) is 0 Å². The Labute approximate surface area is 146 Å². The molecule has 0 fully saturated rings. The number of amides is 1. The molecule has 1 atom stereocenters. The van der Waals surface area contributed by atoms with E-state index in [0.29, 0.717) is 6.54 Å². The maximum atomic E-state index is 12.3. The Morgan fingerprint density at radius 1 is 1.17 bits per heavy atom. The van der Waals surface area contributed by atoms with Crippen LogP contribution in [-0.2, 0) is 11.3 Å². The number of benzene rings is 2. The number of fused-ring (bicyclic) bond motifs is 1. The predicted molar refractivity (Wildman–Crippen MR) is 95.6 cm³/mol. The number of carbonyl (C=O) groups excluding carboxylic acids is 1. The Balaban J connectivity index is 1.56. The Morgan fingerprint density at radius 3 is 2.75 bits per heavy atom. The van der Waals surface area contributed by atoms with Crippen molar-refractivity contribution in [2.45, 2.75) is 37.5 Å². The monoisotopic (exact) mass is 343 g/mol. The van der Waals surface area contributed by atoms with Crippen LogP contribution in [0.4, 0.5) is 0 Å². The molecule has 4 nitrogen and oxygen atoms in total.